The maximum atomic E-state index is 15.0. The van der Waals surface area contributed by atoms with Crippen molar-refractivity contribution in [3.8, 4) is 11.1 Å². The topological polar surface area (TPSA) is 114 Å². The quantitative estimate of drug-likeness (QED) is 0.573. The standard InChI is InChI=1S/C25H30FN3O6S/c1-5-36(32,33)27-14-16-6-8-17(9-7-16)19-11-10-18(12-20(19)26)29-15-25(35-23(29)31)13-21(25)28-22(30)34-24(2,3)4/h6-12,21,27H,5,13-15H2,1-4H3,(H,28,30). The van der Waals surface area contributed by atoms with Gasteiger partial charge >= 0.3 is 12.2 Å². The molecule has 9 nitrogen and oxygen atoms in total. The number of hydrogen-bond acceptors (Lipinski definition) is 6. The van der Waals surface area contributed by atoms with E-state index in [9.17, 15) is 18.0 Å². The molecule has 11 heteroatoms. The predicted octanol–water partition coefficient (Wildman–Crippen LogP) is 3.92. The first kappa shape index (κ1) is 25.9. The lowest BCUT2D eigenvalue weighted by molar-refractivity contribution is 0.0495. The number of carbonyl (C=O) groups is 2. The van der Waals surface area contributed by atoms with E-state index in [4.69, 9.17) is 9.47 Å². The first-order valence-corrected chi connectivity index (χ1v) is 13.3. The Kier molecular flexibility index (Phi) is 6.74. The van der Waals surface area contributed by atoms with Crippen LogP contribution in [0.15, 0.2) is 42.5 Å². The van der Waals surface area contributed by atoms with Gasteiger partial charge in [-0.3, -0.25) is 4.90 Å². The number of ether oxygens (including phenoxy) is 2. The van der Waals surface area contributed by atoms with Crippen LogP contribution in [0.4, 0.5) is 19.7 Å². The average molecular weight is 520 g/mol. The molecule has 2 amide bonds. The summed E-state index contributed by atoms with van der Waals surface area (Å²) in [6.45, 7) is 7.18. The van der Waals surface area contributed by atoms with E-state index in [1.807, 2.05) is 0 Å². The fourth-order valence-electron chi connectivity index (χ4n) is 4.00. The van der Waals surface area contributed by atoms with Gasteiger partial charge in [-0.1, -0.05) is 24.3 Å². The number of halogens is 1. The molecule has 194 valence electrons. The Morgan fingerprint density at radius 2 is 1.92 bits per heavy atom. The van der Waals surface area contributed by atoms with Crippen molar-refractivity contribution >= 4 is 27.9 Å². The minimum Gasteiger partial charge on any atom is -0.444 e. The Balaban J connectivity index is 1.41. The van der Waals surface area contributed by atoms with E-state index in [1.165, 1.54) is 11.0 Å². The summed E-state index contributed by atoms with van der Waals surface area (Å²) in [6, 6.07) is 11.0. The van der Waals surface area contributed by atoms with Gasteiger partial charge in [-0.05, 0) is 57.0 Å². The predicted molar refractivity (Wildman–Crippen MR) is 132 cm³/mol. The summed E-state index contributed by atoms with van der Waals surface area (Å²) in [5.41, 5.74) is 0.571. The molecule has 2 aromatic carbocycles. The number of sulfonamides is 1. The summed E-state index contributed by atoms with van der Waals surface area (Å²) in [7, 11) is -3.30. The summed E-state index contributed by atoms with van der Waals surface area (Å²) in [6.07, 6.45) is -0.729. The van der Waals surface area contributed by atoms with E-state index in [-0.39, 0.29) is 24.9 Å². The SMILES string of the molecule is CCS(=O)(=O)NCc1ccc(-c2ccc(N3CC4(CC4NC(=O)OC(C)(C)C)OC3=O)cc2F)cc1. The van der Waals surface area contributed by atoms with Crippen molar-refractivity contribution in [3.63, 3.8) is 0 Å². The van der Waals surface area contributed by atoms with Gasteiger partial charge in [0.1, 0.15) is 11.4 Å². The first-order chi connectivity index (χ1) is 16.8. The molecule has 2 fully saturated rings. The van der Waals surface area contributed by atoms with Gasteiger partial charge in [0, 0.05) is 18.5 Å². The molecular weight excluding hydrogens is 489 g/mol. The fraction of sp³-hybridized carbons (Fsp3) is 0.440. The highest BCUT2D eigenvalue weighted by atomic mass is 32.2. The van der Waals surface area contributed by atoms with Gasteiger partial charge < -0.3 is 14.8 Å². The highest BCUT2D eigenvalue weighted by Crippen LogP contribution is 2.46. The average Bonchev–Trinajstić information content (AvgIpc) is 3.32. The smallest absolute Gasteiger partial charge is 0.415 e. The highest BCUT2D eigenvalue weighted by molar-refractivity contribution is 7.89. The van der Waals surface area contributed by atoms with Crippen molar-refractivity contribution < 1.29 is 31.9 Å². The first-order valence-electron chi connectivity index (χ1n) is 11.7. The molecule has 2 N–H and O–H groups in total. The molecule has 0 aromatic heterocycles. The van der Waals surface area contributed by atoms with Gasteiger partial charge in [-0.15, -0.1) is 0 Å². The van der Waals surface area contributed by atoms with Crippen LogP contribution in [0.5, 0.6) is 0 Å². The molecule has 1 aliphatic heterocycles. The number of nitrogens with one attached hydrogen (secondary N) is 2. The van der Waals surface area contributed by atoms with Crippen LogP contribution in [0.25, 0.3) is 11.1 Å². The number of benzene rings is 2. The number of amides is 2. The minimum atomic E-state index is -3.30. The summed E-state index contributed by atoms with van der Waals surface area (Å²) in [5.74, 6) is -0.519. The number of hydrogen-bond donors (Lipinski definition) is 2. The fourth-order valence-corrected chi connectivity index (χ4v) is 4.59. The largest absolute Gasteiger partial charge is 0.444 e. The normalized spacial score (nSPS) is 21.4. The number of alkyl carbamates (subject to hydrolysis) is 1. The number of carbonyl (C=O) groups excluding carboxylic acids is 2. The Bertz CT molecular complexity index is 1280. The monoisotopic (exact) mass is 519 g/mol. The Hall–Kier alpha value is -3.18. The van der Waals surface area contributed by atoms with E-state index < -0.39 is 39.2 Å². The van der Waals surface area contributed by atoms with Crippen LogP contribution in [0.1, 0.15) is 39.7 Å². The van der Waals surface area contributed by atoms with Crippen LogP contribution < -0.4 is 14.9 Å². The molecule has 0 radical (unpaired) electrons. The molecule has 1 saturated heterocycles. The number of anilines is 1. The molecule has 1 aliphatic carbocycles. The summed E-state index contributed by atoms with van der Waals surface area (Å²) in [4.78, 5) is 25.9. The third-order valence-electron chi connectivity index (χ3n) is 6.06. The zero-order valence-electron chi connectivity index (χ0n) is 20.6. The zero-order chi connectivity index (χ0) is 26.3. The van der Waals surface area contributed by atoms with Crippen LogP contribution in [0.3, 0.4) is 0 Å². The van der Waals surface area contributed by atoms with Crippen molar-refractivity contribution in [3.05, 3.63) is 53.8 Å². The molecule has 1 saturated carbocycles. The van der Waals surface area contributed by atoms with Crippen molar-refractivity contribution in [1.82, 2.24) is 10.0 Å². The second kappa shape index (κ2) is 9.36. The van der Waals surface area contributed by atoms with Crippen LogP contribution in [0, 0.1) is 5.82 Å². The van der Waals surface area contributed by atoms with Crippen molar-refractivity contribution in [2.24, 2.45) is 0 Å². The Labute approximate surface area is 210 Å². The van der Waals surface area contributed by atoms with Gasteiger partial charge in [0.25, 0.3) is 0 Å². The second-order valence-corrected chi connectivity index (χ2v) is 12.1. The summed E-state index contributed by atoms with van der Waals surface area (Å²) in [5, 5.41) is 2.73. The van der Waals surface area contributed by atoms with Crippen LogP contribution in [-0.2, 0) is 26.0 Å². The van der Waals surface area contributed by atoms with Gasteiger partial charge in [-0.2, -0.15) is 0 Å². The molecule has 1 spiro atoms. The number of nitrogens with zero attached hydrogens (tertiary/aromatic N) is 1. The van der Waals surface area contributed by atoms with E-state index in [1.54, 1.807) is 64.1 Å². The van der Waals surface area contributed by atoms with Gasteiger partial charge in [0.05, 0.1) is 24.0 Å². The van der Waals surface area contributed by atoms with Crippen LogP contribution >= 0.6 is 0 Å². The lowest BCUT2D eigenvalue weighted by atomic mass is 10.0. The van der Waals surface area contributed by atoms with Gasteiger partial charge in [-0.25, -0.2) is 27.1 Å². The lowest BCUT2D eigenvalue weighted by Crippen LogP contribution is -2.38. The van der Waals surface area contributed by atoms with Crippen molar-refractivity contribution in [2.75, 3.05) is 17.2 Å². The van der Waals surface area contributed by atoms with Gasteiger partial charge in [0.15, 0.2) is 5.60 Å². The molecule has 2 aliphatic rings. The molecule has 2 aromatic rings. The maximum absolute atomic E-state index is 15.0. The molecular formula is C25H30FN3O6S. The zero-order valence-corrected chi connectivity index (χ0v) is 21.4. The van der Waals surface area contributed by atoms with E-state index in [0.29, 0.717) is 23.2 Å². The molecule has 0 bridgehead atoms. The summed E-state index contributed by atoms with van der Waals surface area (Å²) < 4.78 is 51.5. The molecule has 36 heavy (non-hydrogen) atoms. The molecule has 4 rings (SSSR count). The summed E-state index contributed by atoms with van der Waals surface area (Å²) >= 11 is 0. The molecule has 2 unspecified atom stereocenters. The molecule has 2 atom stereocenters. The number of rotatable bonds is 7. The Morgan fingerprint density at radius 1 is 1.22 bits per heavy atom. The van der Waals surface area contributed by atoms with Crippen LogP contribution in [0.2, 0.25) is 0 Å². The molecule has 1 heterocycles. The Morgan fingerprint density at radius 3 is 2.53 bits per heavy atom. The van der Waals surface area contributed by atoms with E-state index in [2.05, 4.69) is 10.0 Å². The van der Waals surface area contributed by atoms with E-state index in [0.717, 1.165) is 5.56 Å². The highest BCUT2D eigenvalue weighted by Gasteiger charge is 2.64. The van der Waals surface area contributed by atoms with E-state index >= 15 is 4.39 Å². The van der Waals surface area contributed by atoms with Crippen molar-refractivity contribution in [2.45, 2.75) is 57.9 Å². The lowest BCUT2D eigenvalue weighted by Gasteiger charge is -2.20. The third-order valence-corrected chi connectivity index (χ3v) is 7.40. The minimum absolute atomic E-state index is 0.00473. The maximum Gasteiger partial charge on any atom is 0.415 e. The second-order valence-electron chi connectivity index (χ2n) is 10.0. The van der Waals surface area contributed by atoms with Gasteiger partial charge in [0.2, 0.25) is 10.0 Å². The van der Waals surface area contributed by atoms with Crippen molar-refractivity contribution in [1.29, 1.82) is 0 Å². The van der Waals surface area contributed by atoms with Crippen LogP contribution in [-0.4, -0.2) is 50.1 Å². The third kappa shape index (κ3) is 5.79.